The zero-order valence-electron chi connectivity index (χ0n) is 11.1. The van der Waals surface area contributed by atoms with Crippen LogP contribution in [-0.4, -0.2) is 15.5 Å². The van der Waals surface area contributed by atoms with Crippen molar-refractivity contribution in [3.05, 3.63) is 59.1 Å². The minimum Gasteiger partial charge on any atom is -0.335 e. The highest BCUT2D eigenvalue weighted by Crippen LogP contribution is 2.22. The first kappa shape index (κ1) is 13.6. The summed E-state index contributed by atoms with van der Waals surface area (Å²) in [6.07, 6.45) is 3.32. The molecule has 1 amide bonds. The lowest BCUT2D eigenvalue weighted by atomic mass is 10.2. The average Bonchev–Trinajstić information content (AvgIpc) is 2.80. The van der Waals surface area contributed by atoms with Crippen LogP contribution in [0.4, 0.5) is 10.1 Å². The van der Waals surface area contributed by atoms with E-state index in [1.54, 1.807) is 36.1 Å². The molecule has 4 nitrogen and oxygen atoms in total. The number of aromatic nitrogens is 2. The van der Waals surface area contributed by atoms with Crippen molar-refractivity contribution in [2.24, 2.45) is 7.05 Å². The third kappa shape index (κ3) is 2.48. The standard InChI is InChI=1S/C15H11ClFN3O/c1-20-8-11(10-3-2-6-18-14(10)20)15(21)19-13-5-4-9(16)7-12(13)17/h2-8H,1H3,(H,19,21). The van der Waals surface area contributed by atoms with Gasteiger partial charge in [0.25, 0.3) is 5.91 Å². The van der Waals surface area contributed by atoms with Crippen LogP contribution in [0.1, 0.15) is 10.4 Å². The fourth-order valence-electron chi connectivity index (χ4n) is 2.17. The third-order valence-corrected chi connectivity index (χ3v) is 3.39. The highest BCUT2D eigenvalue weighted by molar-refractivity contribution is 6.30. The Morgan fingerprint density at radius 2 is 2.19 bits per heavy atom. The fraction of sp³-hybridized carbons (Fsp3) is 0.0667. The summed E-state index contributed by atoms with van der Waals surface area (Å²) in [6, 6.07) is 7.66. The Labute approximate surface area is 125 Å². The van der Waals surface area contributed by atoms with Crippen molar-refractivity contribution < 1.29 is 9.18 Å². The van der Waals surface area contributed by atoms with Gasteiger partial charge in [0.05, 0.1) is 11.3 Å². The molecule has 0 spiro atoms. The van der Waals surface area contributed by atoms with Crippen LogP contribution in [0.25, 0.3) is 11.0 Å². The van der Waals surface area contributed by atoms with Crippen molar-refractivity contribution in [2.45, 2.75) is 0 Å². The molecule has 0 aliphatic carbocycles. The number of hydrogen-bond donors (Lipinski definition) is 1. The van der Waals surface area contributed by atoms with Gasteiger partial charge in [-0.3, -0.25) is 4.79 Å². The molecule has 21 heavy (non-hydrogen) atoms. The summed E-state index contributed by atoms with van der Waals surface area (Å²) in [5.41, 5.74) is 1.22. The minimum absolute atomic E-state index is 0.0882. The van der Waals surface area contributed by atoms with Crippen molar-refractivity contribution in [3.63, 3.8) is 0 Å². The number of benzene rings is 1. The molecule has 106 valence electrons. The molecule has 0 fully saturated rings. The van der Waals surface area contributed by atoms with Crippen LogP contribution in [0.2, 0.25) is 5.02 Å². The maximum atomic E-state index is 13.7. The number of anilines is 1. The van der Waals surface area contributed by atoms with Crippen molar-refractivity contribution in [2.75, 3.05) is 5.32 Å². The molecule has 0 bridgehead atoms. The predicted octanol–water partition coefficient (Wildman–Crippen LogP) is 3.62. The normalized spacial score (nSPS) is 10.8. The lowest BCUT2D eigenvalue weighted by Crippen LogP contribution is -2.12. The highest BCUT2D eigenvalue weighted by Gasteiger charge is 2.16. The van der Waals surface area contributed by atoms with Gasteiger partial charge in [-0.15, -0.1) is 0 Å². The average molecular weight is 304 g/mol. The molecule has 6 heteroatoms. The molecule has 0 radical (unpaired) electrons. The van der Waals surface area contributed by atoms with Gasteiger partial charge >= 0.3 is 0 Å². The van der Waals surface area contributed by atoms with Crippen LogP contribution in [-0.2, 0) is 7.05 Å². The predicted molar refractivity (Wildman–Crippen MR) is 80.1 cm³/mol. The van der Waals surface area contributed by atoms with E-state index in [4.69, 9.17) is 11.6 Å². The number of nitrogens with one attached hydrogen (secondary N) is 1. The van der Waals surface area contributed by atoms with Crippen LogP contribution in [0, 0.1) is 5.82 Å². The molecule has 2 aromatic heterocycles. The molecule has 0 aliphatic heterocycles. The maximum absolute atomic E-state index is 13.7. The van der Waals surface area contributed by atoms with Crippen molar-refractivity contribution in [1.29, 1.82) is 0 Å². The quantitative estimate of drug-likeness (QED) is 0.786. The number of halogens is 2. The zero-order chi connectivity index (χ0) is 15.0. The maximum Gasteiger partial charge on any atom is 0.257 e. The molecule has 0 atom stereocenters. The Kier molecular flexibility index (Phi) is 3.35. The molecular formula is C15H11ClFN3O. The summed E-state index contributed by atoms with van der Waals surface area (Å²) in [5.74, 6) is -0.968. The van der Waals surface area contributed by atoms with E-state index in [0.717, 1.165) is 6.07 Å². The van der Waals surface area contributed by atoms with Gasteiger partial charge in [-0.25, -0.2) is 9.37 Å². The van der Waals surface area contributed by atoms with E-state index in [0.29, 0.717) is 16.6 Å². The second-order valence-corrected chi connectivity index (χ2v) is 5.04. The van der Waals surface area contributed by atoms with Gasteiger partial charge in [-0.1, -0.05) is 11.6 Å². The number of pyridine rings is 1. The molecule has 2 heterocycles. The lowest BCUT2D eigenvalue weighted by Gasteiger charge is -2.05. The molecule has 1 aromatic carbocycles. The van der Waals surface area contributed by atoms with E-state index in [-0.39, 0.29) is 10.7 Å². The van der Waals surface area contributed by atoms with Gasteiger partial charge in [0.1, 0.15) is 11.5 Å². The smallest absolute Gasteiger partial charge is 0.257 e. The number of fused-ring (bicyclic) bond motifs is 1. The SMILES string of the molecule is Cn1cc(C(=O)Nc2ccc(Cl)cc2F)c2cccnc21. The monoisotopic (exact) mass is 303 g/mol. The summed E-state index contributed by atoms with van der Waals surface area (Å²) in [5, 5.41) is 3.54. The summed E-state index contributed by atoms with van der Waals surface area (Å²) >= 11 is 5.69. The van der Waals surface area contributed by atoms with Gasteiger partial charge in [0.2, 0.25) is 0 Å². The van der Waals surface area contributed by atoms with E-state index in [2.05, 4.69) is 10.3 Å². The number of nitrogens with zero attached hydrogens (tertiary/aromatic N) is 2. The first-order valence-corrected chi connectivity index (χ1v) is 6.60. The topological polar surface area (TPSA) is 46.9 Å². The molecule has 0 saturated heterocycles. The summed E-state index contributed by atoms with van der Waals surface area (Å²) in [7, 11) is 1.80. The minimum atomic E-state index is -0.575. The molecule has 3 rings (SSSR count). The molecule has 3 aromatic rings. The Hall–Kier alpha value is -2.40. The second kappa shape index (κ2) is 5.18. The number of aryl methyl sites for hydroxylation is 1. The summed E-state index contributed by atoms with van der Waals surface area (Å²) in [6.45, 7) is 0. The Bertz CT molecular complexity index is 844. The van der Waals surface area contributed by atoms with E-state index >= 15 is 0 Å². The van der Waals surface area contributed by atoms with Crippen LogP contribution in [0.5, 0.6) is 0 Å². The van der Waals surface area contributed by atoms with E-state index in [9.17, 15) is 9.18 Å². The van der Waals surface area contributed by atoms with Crippen molar-refractivity contribution in [1.82, 2.24) is 9.55 Å². The number of carbonyl (C=O) groups excluding carboxylic acids is 1. The van der Waals surface area contributed by atoms with Gasteiger partial charge in [0, 0.05) is 29.9 Å². The van der Waals surface area contributed by atoms with Gasteiger partial charge in [-0.05, 0) is 30.3 Å². The van der Waals surface area contributed by atoms with Gasteiger partial charge < -0.3 is 9.88 Å². The summed E-state index contributed by atoms with van der Waals surface area (Å²) in [4.78, 5) is 16.5. The van der Waals surface area contributed by atoms with Crippen LogP contribution < -0.4 is 5.32 Å². The Morgan fingerprint density at radius 1 is 1.38 bits per heavy atom. The van der Waals surface area contributed by atoms with Crippen LogP contribution in [0.15, 0.2) is 42.7 Å². The largest absolute Gasteiger partial charge is 0.335 e. The van der Waals surface area contributed by atoms with Crippen molar-refractivity contribution >= 4 is 34.2 Å². The molecular weight excluding hydrogens is 293 g/mol. The van der Waals surface area contributed by atoms with Crippen LogP contribution >= 0.6 is 11.6 Å². The summed E-state index contributed by atoms with van der Waals surface area (Å²) < 4.78 is 15.5. The highest BCUT2D eigenvalue weighted by atomic mass is 35.5. The number of carbonyl (C=O) groups is 1. The zero-order valence-corrected chi connectivity index (χ0v) is 11.9. The molecule has 0 saturated carbocycles. The third-order valence-electron chi connectivity index (χ3n) is 3.16. The number of rotatable bonds is 2. The molecule has 1 N–H and O–H groups in total. The first-order chi connectivity index (χ1) is 10.1. The fourth-order valence-corrected chi connectivity index (χ4v) is 2.33. The molecule has 0 unspecified atom stereocenters. The Balaban J connectivity index is 1.98. The van der Waals surface area contributed by atoms with E-state index < -0.39 is 11.7 Å². The number of hydrogen-bond acceptors (Lipinski definition) is 2. The van der Waals surface area contributed by atoms with E-state index in [1.165, 1.54) is 12.1 Å². The van der Waals surface area contributed by atoms with Crippen molar-refractivity contribution in [3.8, 4) is 0 Å². The van der Waals surface area contributed by atoms with Gasteiger partial charge in [0.15, 0.2) is 0 Å². The van der Waals surface area contributed by atoms with E-state index in [1.807, 2.05) is 0 Å². The molecule has 0 aliphatic rings. The number of amides is 1. The second-order valence-electron chi connectivity index (χ2n) is 4.61. The van der Waals surface area contributed by atoms with Crippen LogP contribution in [0.3, 0.4) is 0 Å². The lowest BCUT2D eigenvalue weighted by molar-refractivity contribution is 0.102. The Morgan fingerprint density at radius 3 is 2.95 bits per heavy atom. The first-order valence-electron chi connectivity index (χ1n) is 6.22. The van der Waals surface area contributed by atoms with Gasteiger partial charge in [-0.2, -0.15) is 0 Å².